The fraction of sp³-hybridized carbons (Fsp3) is 0.118. The van der Waals surface area contributed by atoms with Crippen molar-refractivity contribution in [3.8, 4) is 56.4 Å². The van der Waals surface area contributed by atoms with Crippen LogP contribution in [0.25, 0.3) is 44.9 Å². The first-order valence-corrected chi connectivity index (χ1v) is 12.8. The highest BCUT2D eigenvalue weighted by atomic mass is 16.5. The number of methoxy groups -OCH3 is 2. The van der Waals surface area contributed by atoms with E-state index in [0.717, 1.165) is 62.9 Å². The monoisotopic (exact) mass is 528 g/mol. The van der Waals surface area contributed by atoms with Crippen LogP contribution in [-0.2, 0) is 0 Å². The van der Waals surface area contributed by atoms with Gasteiger partial charge in [-0.3, -0.25) is 14.6 Å². The Kier molecular flexibility index (Phi) is 7.51. The summed E-state index contributed by atoms with van der Waals surface area (Å²) in [6.45, 7) is 4.12. The average molecular weight is 529 g/mol. The molecule has 0 saturated heterocycles. The fourth-order valence-corrected chi connectivity index (χ4v) is 5.05. The van der Waals surface area contributed by atoms with Gasteiger partial charge in [0.05, 0.1) is 36.9 Å². The van der Waals surface area contributed by atoms with Crippen molar-refractivity contribution in [1.82, 2.24) is 9.97 Å². The summed E-state index contributed by atoms with van der Waals surface area (Å²) >= 11 is 0. The lowest BCUT2D eigenvalue weighted by atomic mass is 9.91. The van der Waals surface area contributed by atoms with Crippen LogP contribution in [0, 0.1) is 13.8 Å². The van der Waals surface area contributed by atoms with E-state index < -0.39 is 0 Å². The minimum Gasteiger partial charge on any atom is -0.496 e. The number of nitrogens with zero attached hydrogens (tertiary/aromatic N) is 2. The summed E-state index contributed by atoms with van der Waals surface area (Å²) in [6, 6.07) is 24.8. The summed E-state index contributed by atoms with van der Waals surface area (Å²) in [6.07, 6.45) is 3.39. The molecule has 0 unspecified atom stereocenters. The van der Waals surface area contributed by atoms with Gasteiger partial charge in [0, 0.05) is 28.5 Å². The van der Waals surface area contributed by atoms with E-state index >= 15 is 0 Å². The van der Waals surface area contributed by atoms with Crippen molar-refractivity contribution in [2.24, 2.45) is 0 Å². The summed E-state index contributed by atoms with van der Waals surface area (Å²) < 4.78 is 11.0. The molecule has 0 N–H and O–H groups in total. The first-order valence-electron chi connectivity index (χ1n) is 12.8. The molecule has 5 aromatic rings. The molecule has 3 aromatic carbocycles. The van der Waals surface area contributed by atoms with Crippen LogP contribution in [0.2, 0.25) is 0 Å². The summed E-state index contributed by atoms with van der Waals surface area (Å²) in [7, 11) is 3.15. The van der Waals surface area contributed by atoms with Gasteiger partial charge in [0.15, 0.2) is 12.6 Å². The van der Waals surface area contributed by atoms with E-state index in [-0.39, 0.29) is 0 Å². The van der Waals surface area contributed by atoms with Gasteiger partial charge in [0.2, 0.25) is 0 Å². The van der Waals surface area contributed by atoms with Gasteiger partial charge < -0.3 is 9.47 Å². The van der Waals surface area contributed by atoms with Gasteiger partial charge in [-0.15, -0.1) is 0 Å². The number of hydrogen-bond donors (Lipinski definition) is 0. The number of benzene rings is 3. The Bertz CT molecular complexity index is 1740. The number of para-hydroxylation sites is 1. The summed E-state index contributed by atoms with van der Waals surface area (Å²) in [5, 5.41) is 0. The lowest BCUT2D eigenvalue weighted by Gasteiger charge is -2.17. The predicted molar refractivity (Wildman–Crippen MR) is 157 cm³/mol. The van der Waals surface area contributed by atoms with E-state index in [1.54, 1.807) is 32.5 Å². The number of aromatic nitrogens is 2. The predicted octanol–water partition coefficient (Wildman–Crippen LogP) is 7.40. The standard InChI is InChI=1S/C34H28N2O4/c1-21-26(27-16-17-35-33(22(27)2)23-12-13-24(19-37)32(18-23)40-4)9-7-10-28(21)30-15-14-25(20-38)34(36-30)29-8-5-6-11-31(29)39-3/h5-20H,1-4H3. The molecule has 0 atom stereocenters. The fourth-order valence-electron chi connectivity index (χ4n) is 5.05. The molecule has 198 valence electrons. The molecule has 0 aliphatic heterocycles. The maximum atomic E-state index is 11.9. The molecule has 0 saturated carbocycles. The van der Waals surface area contributed by atoms with Gasteiger partial charge in [-0.2, -0.15) is 0 Å². The number of pyridine rings is 2. The van der Waals surface area contributed by atoms with Crippen molar-refractivity contribution in [3.63, 3.8) is 0 Å². The SMILES string of the molecule is COc1cc(-c2nccc(-c3cccc(-c4ccc(C=O)c(-c5ccccc5OC)n4)c3C)c2C)ccc1C=O. The first kappa shape index (κ1) is 26.5. The Morgan fingerprint density at radius 3 is 2.05 bits per heavy atom. The quantitative estimate of drug-likeness (QED) is 0.195. The second-order valence-electron chi connectivity index (χ2n) is 9.34. The van der Waals surface area contributed by atoms with Crippen LogP contribution in [0.4, 0.5) is 0 Å². The van der Waals surface area contributed by atoms with Crippen LogP contribution < -0.4 is 9.47 Å². The molecule has 6 nitrogen and oxygen atoms in total. The van der Waals surface area contributed by atoms with E-state index in [1.165, 1.54) is 0 Å². The highest BCUT2D eigenvalue weighted by molar-refractivity contribution is 5.89. The summed E-state index contributed by atoms with van der Waals surface area (Å²) in [5.74, 6) is 1.16. The maximum Gasteiger partial charge on any atom is 0.153 e. The molecular formula is C34H28N2O4. The van der Waals surface area contributed by atoms with Crippen LogP contribution in [0.5, 0.6) is 11.5 Å². The van der Waals surface area contributed by atoms with Crippen LogP contribution in [-0.4, -0.2) is 36.8 Å². The Balaban J connectivity index is 1.63. The van der Waals surface area contributed by atoms with Gasteiger partial charge in [-0.25, -0.2) is 4.98 Å². The van der Waals surface area contributed by atoms with Crippen LogP contribution >= 0.6 is 0 Å². The molecule has 0 radical (unpaired) electrons. The first-order chi connectivity index (χ1) is 19.5. The normalized spacial score (nSPS) is 10.7. The van der Waals surface area contributed by atoms with Crippen LogP contribution in [0.1, 0.15) is 31.8 Å². The van der Waals surface area contributed by atoms with Crippen molar-refractivity contribution >= 4 is 12.6 Å². The van der Waals surface area contributed by atoms with Crippen LogP contribution in [0.3, 0.4) is 0 Å². The average Bonchev–Trinajstić information content (AvgIpc) is 3.00. The van der Waals surface area contributed by atoms with E-state index in [9.17, 15) is 9.59 Å². The minimum atomic E-state index is 0.490. The maximum absolute atomic E-state index is 11.9. The molecular weight excluding hydrogens is 500 g/mol. The number of hydrogen-bond acceptors (Lipinski definition) is 6. The molecule has 0 aliphatic carbocycles. The van der Waals surface area contributed by atoms with Gasteiger partial charge in [0.1, 0.15) is 11.5 Å². The molecule has 0 bridgehead atoms. The number of carbonyl (C=O) groups excluding carboxylic acids is 2. The summed E-state index contributed by atoms with van der Waals surface area (Å²) in [5.41, 5.74) is 9.85. The Hall–Kier alpha value is -5.10. The van der Waals surface area contributed by atoms with E-state index in [1.807, 2.05) is 67.6 Å². The molecule has 2 aromatic heterocycles. The largest absolute Gasteiger partial charge is 0.496 e. The lowest BCUT2D eigenvalue weighted by Crippen LogP contribution is -1.99. The van der Waals surface area contributed by atoms with Gasteiger partial charge >= 0.3 is 0 Å². The van der Waals surface area contributed by atoms with Gasteiger partial charge in [-0.05, 0) is 78.6 Å². The highest BCUT2D eigenvalue weighted by Gasteiger charge is 2.17. The van der Waals surface area contributed by atoms with Crippen LogP contribution in [0.15, 0.2) is 85.1 Å². The zero-order valence-electron chi connectivity index (χ0n) is 22.8. The second kappa shape index (κ2) is 11.3. The molecule has 0 aliphatic rings. The number of ether oxygens (including phenoxy) is 2. The molecule has 0 spiro atoms. The third-order valence-corrected chi connectivity index (χ3v) is 7.15. The molecule has 0 fully saturated rings. The Morgan fingerprint density at radius 1 is 0.625 bits per heavy atom. The Morgan fingerprint density at radius 2 is 1.30 bits per heavy atom. The smallest absolute Gasteiger partial charge is 0.153 e. The number of aldehydes is 2. The molecule has 6 heteroatoms. The molecule has 40 heavy (non-hydrogen) atoms. The van der Waals surface area contributed by atoms with Gasteiger partial charge in [-0.1, -0.05) is 36.4 Å². The third kappa shape index (κ3) is 4.76. The molecule has 2 heterocycles. The van der Waals surface area contributed by atoms with Crippen molar-refractivity contribution in [1.29, 1.82) is 0 Å². The topological polar surface area (TPSA) is 78.4 Å². The molecule has 5 rings (SSSR count). The minimum absolute atomic E-state index is 0.490. The second-order valence-corrected chi connectivity index (χ2v) is 9.34. The van der Waals surface area contributed by atoms with Crippen molar-refractivity contribution in [2.45, 2.75) is 13.8 Å². The van der Waals surface area contributed by atoms with Crippen molar-refractivity contribution in [2.75, 3.05) is 14.2 Å². The Labute approximate surface area is 233 Å². The van der Waals surface area contributed by atoms with Gasteiger partial charge in [0.25, 0.3) is 0 Å². The van der Waals surface area contributed by atoms with Crippen molar-refractivity contribution < 1.29 is 19.1 Å². The zero-order chi connectivity index (χ0) is 28.2. The third-order valence-electron chi connectivity index (χ3n) is 7.15. The molecule has 0 amide bonds. The van der Waals surface area contributed by atoms with E-state index in [0.29, 0.717) is 28.3 Å². The lowest BCUT2D eigenvalue weighted by molar-refractivity contribution is 0.111. The van der Waals surface area contributed by atoms with E-state index in [4.69, 9.17) is 14.5 Å². The summed E-state index contributed by atoms with van der Waals surface area (Å²) in [4.78, 5) is 32.9. The highest BCUT2D eigenvalue weighted by Crippen LogP contribution is 2.38. The van der Waals surface area contributed by atoms with E-state index in [2.05, 4.69) is 18.0 Å². The number of rotatable bonds is 8. The zero-order valence-corrected chi connectivity index (χ0v) is 22.8. The number of carbonyl (C=O) groups is 2. The van der Waals surface area contributed by atoms with Crippen molar-refractivity contribution in [3.05, 3.63) is 107 Å².